The SMILES string of the molecule is CCc1ccccc1NC(=O)COc1ccc(C(=O)Nc2cccc(Cl)c2C)cc1. The summed E-state index contributed by atoms with van der Waals surface area (Å²) in [5.41, 5.74) is 3.80. The molecule has 3 aromatic carbocycles. The third kappa shape index (κ3) is 5.39. The minimum atomic E-state index is -0.249. The molecule has 0 spiro atoms. The molecule has 0 heterocycles. The van der Waals surface area contributed by atoms with E-state index in [0.29, 0.717) is 22.0 Å². The predicted octanol–water partition coefficient (Wildman–Crippen LogP) is 5.48. The molecule has 2 amide bonds. The number of amides is 2. The van der Waals surface area contributed by atoms with E-state index in [1.807, 2.05) is 38.1 Å². The quantitative estimate of drug-likeness (QED) is 0.529. The van der Waals surface area contributed by atoms with Crippen molar-refractivity contribution >= 4 is 34.8 Å². The van der Waals surface area contributed by atoms with Crippen LogP contribution in [0.15, 0.2) is 66.7 Å². The van der Waals surface area contributed by atoms with Crippen LogP contribution in [0.25, 0.3) is 0 Å². The molecular weight excluding hydrogens is 400 g/mol. The number of ether oxygens (including phenoxy) is 1. The molecule has 3 aromatic rings. The summed E-state index contributed by atoms with van der Waals surface area (Å²) in [6.45, 7) is 3.76. The van der Waals surface area contributed by atoms with E-state index in [4.69, 9.17) is 16.3 Å². The smallest absolute Gasteiger partial charge is 0.262 e. The van der Waals surface area contributed by atoms with Crippen molar-refractivity contribution in [2.75, 3.05) is 17.2 Å². The first-order valence-electron chi connectivity index (χ1n) is 9.65. The Hall–Kier alpha value is -3.31. The van der Waals surface area contributed by atoms with E-state index in [1.165, 1.54) is 0 Å². The summed E-state index contributed by atoms with van der Waals surface area (Å²) >= 11 is 6.09. The van der Waals surface area contributed by atoms with Crippen molar-refractivity contribution in [3.8, 4) is 5.75 Å². The molecule has 3 rings (SSSR count). The van der Waals surface area contributed by atoms with Gasteiger partial charge in [0.05, 0.1) is 0 Å². The summed E-state index contributed by atoms with van der Waals surface area (Å²) < 4.78 is 5.54. The lowest BCUT2D eigenvalue weighted by atomic mass is 10.1. The summed E-state index contributed by atoms with van der Waals surface area (Å²) in [6, 6.07) is 19.6. The molecule has 0 saturated carbocycles. The van der Waals surface area contributed by atoms with Gasteiger partial charge in [0.2, 0.25) is 0 Å². The van der Waals surface area contributed by atoms with Gasteiger partial charge in [-0.25, -0.2) is 0 Å². The molecule has 0 fully saturated rings. The normalized spacial score (nSPS) is 10.4. The Labute approximate surface area is 181 Å². The van der Waals surface area contributed by atoms with Crippen LogP contribution in [-0.4, -0.2) is 18.4 Å². The van der Waals surface area contributed by atoms with Crippen LogP contribution in [0.5, 0.6) is 5.75 Å². The standard InChI is InChI=1S/C24H23ClN2O3/c1-3-17-7-4-5-9-22(17)26-23(28)15-30-19-13-11-18(12-14-19)24(29)27-21-10-6-8-20(25)16(21)2/h4-14H,3,15H2,1-2H3,(H,26,28)(H,27,29). The number of nitrogens with one attached hydrogen (secondary N) is 2. The van der Waals surface area contributed by atoms with Gasteiger partial charge in [0.25, 0.3) is 11.8 Å². The molecule has 30 heavy (non-hydrogen) atoms. The average Bonchev–Trinajstić information content (AvgIpc) is 2.76. The highest BCUT2D eigenvalue weighted by atomic mass is 35.5. The maximum atomic E-state index is 12.5. The number of aryl methyl sites for hydroxylation is 1. The van der Waals surface area contributed by atoms with E-state index in [2.05, 4.69) is 10.6 Å². The minimum Gasteiger partial charge on any atom is -0.484 e. The molecule has 0 aliphatic heterocycles. The van der Waals surface area contributed by atoms with Gasteiger partial charge in [-0.15, -0.1) is 0 Å². The number of carbonyl (C=O) groups is 2. The Bertz CT molecular complexity index is 1050. The lowest BCUT2D eigenvalue weighted by Crippen LogP contribution is -2.21. The van der Waals surface area contributed by atoms with Crippen molar-refractivity contribution in [3.63, 3.8) is 0 Å². The first kappa shape index (κ1) is 21.4. The monoisotopic (exact) mass is 422 g/mol. The second-order valence-electron chi connectivity index (χ2n) is 6.74. The molecule has 0 bridgehead atoms. The van der Waals surface area contributed by atoms with Crippen LogP contribution in [0, 0.1) is 6.92 Å². The van der Waals surface area contributed by atoms with Gasteiger partial charge < -0.3 is 15.4 Å². The highest BCUT2D eigenvalue weighted by Gasteiger charge is 2.10. The molecule has 0 aliphatic rings. The van der Waals surface area contributed by atoms with E-state index in [0.717, 1.165) is 23.2 Å². The first-order valence-corrected chi connectivity index (χ1v) is 10.0. The van der Waals surface area contributed by atoms with Gasteiger partial charge in [-0.2, -0.15) is 0 Å². The second-order valence-corrected chi connectivity index (χ2v) is 7.15. The Balaban J connectivity index is 1.56. The van der Waals surface area contributed by atoms with Crippen molar-refractivity contribution < 1.29 is 14.3 Å². The van der Waals surface area contributed by atoms with Crippen LogP contribution in [0.4, 0.5) is 11.4 Å². The lowest BCUT2D eigenvalue weighted by Gasteiger charge is -2.11. The molecule has 0 atom stereocenters. The molecule has 5 nitrogen and oxygen atoms in total. The zero-order valence-corrected chi connectivity index (χ0v) is 17.6. The third-order valence-electron chi connectivity index (χ3n) is 4.67. The Morgan fingerprint density at radius 1 is 0.900 bits per heavy atom. The number of rotatable bonds is 7. The summed E-state index contributed by atoms with van der Waals surface area (Å²) in [6.07, 6.45) is 0.829. The van der Waals surface area contributed by atoms with Crippen LogP contribution >= 0.6 is 11.6 Å². The summed E-state index contributed by atoms with van der Waals surface area (Å²) in [4.78, 5) is 24.6. The maximum absolute atomic E-state index is 12.5. The Morgan fingerprint density at radius 3 is 2.33 bits per heavy atom. The lowest BCUT2D eigenvalue weighted by molar-refractivity contribution is -0.118. The Kier molecular flexibility index (Phi) is 7.09. The molecule has 6 heteroatoms. The number of halogens is 1. The summed E-state index contributed by atoms with van der Waals surface area (Å²) in [7, 11) is 0. The molecule has 0 aliphatic carbocycles. The third-order valence-corrected chi connectivity index (χ3v) is 5.08. The minimum absolute atomic E-state index is 0.120. The fourth-order valence-electron chi connectivity index (χ4n) is 2.93. The van der Waals surface area contributed by atoms with Gasteiger partial charge in [0.15, 0.2) is 6.61 Å². The fraction of sp³-hybridized carbons (Fsp3) is 0.167. The second kappa shape index (κ2) is 9.94. The van der Waals surface area contributed by atoms with Crippen molar-refractivity contribution in [2.24, 2.45) is 0 Å². The van der Waals surface area contributed by atoms with Crippen molar-refractivity contribution in [1.29, 1.82) is 0 Å². The zero-order valence-electron chi connectivity index (χ0n) is 16.9. The van der Waals surface area contributed by atoms with Crippen molar-refractivity contribution in [3.05, 3.63) is 88.4 Å². The zero-order chi connectivity index (χ0) is 21.5. The topological polar surface area (TPSA) is 67.4 Å². The molecule has 0 aromatic heterocycles. The predicted molar refractivity (Wildman–Crippen MR) is 121 cm³/mol. The van der Waals surface area contributed by atoms with Crippen LogP contribution in [0.1, 0.15) is 28.4 Å². The Morgan fingerprint density at radius 2 is 1.60 bits per heavy atom. The van der Waals surface area contributed by atoms with Gasteiger partial charge in [0.1, 0.15) is 5.75 Å². The first-order chi connectivity index (χ1) is 14.5. The van der Waals surface area contributed by atoms with E-state index < -0.39 is 0 Å². The van der Waals surface area contributed by atoms with Gasteiger partial charge >= 0.3 is 0 Å². The number of para-hydroxylation sites is 1. The molecular formula is C24H23ClN2O3. The van der Waals surface area contributed by atoms with E-state index in [9.17, 15) is 9.59 Å². The van der Waals surface area contributed by atoms with Crippen LogP contribution in [0.3, 0.4) is 0 Å². The molecule has 2 N–H and O–H groups in total. The van der Waals surface area contributed by atoms with Crippen molar-refractivity contribution in [1.82, 2.24) is 0 Å². The maximum Gasteiger partial charge on any atom is 0.262 e. The van der Waals surface area contributed by atoms with Gasteiger partial charge in [-0.05, 0) is 66.9 Å². The number of hydrogen-bond acceptors (Lipinski definition) is 3. The summed E-state index contributed by atoms with van der Waals surface area (Å²) in [5.74, 6) is 0.0133. The molecule has 154 valence electrons. The number of hydrogen-bond donors (Lipinski definition) is 2. The largest absolute Gasteiger partial charge is 0.484 e. The van der Waals surface area contributed by atoms with Gasteiger partial charge in [0, 0.05) is 22.0 Å². The van der Waals surface area contributed by atoms with Gasteiger partial charge in [-0.3, -0.25) is 9.59 Å². The van der Waals surface area contributed by atoms with E-state index in [-0.39, 0.29) is 18.4 Å². The number of benzene rings is 3. The van der Waals surface area contributed by atoms with Crippen LogP contribution in [-0.2, 0) is 11.2 Å². The van der Waals surface area contributed by atoms with Crippen LogP contribution in [0.2, 0.25) is 5.02 Å². The van der Waals surface area contributed by atoms with Gasteiger partial charge in [-0.1, -0.05) is 42.8 Å². The van der Waals surface area contributed by atoms with Crippen molar-refractivity contribution in [2.45, 2.75) is 20.3 Å². The highest BCUT2D eigenvalue weighted by Crippen LogP contribution is 2.24. The van der Waals surface area contributed by atoms with E-state index in [1.54, 1.807) is 42.5 Å². The highest BCUT2D eigenvalue weighted by molar-refractivity contribution is 6.31. The molecule has 0 saturated heterocycles. The average molecular weight is 423 g/mol. The molecule has 0 radical (unpaired) electrons. The number of anilines is 2. The summed E-state index contributed by atoms with van der Waals surface area (Å²) in [5, 5.41) is 6.30. The molecule has 0 unspecified atom stereocenters. The van der Waals surface area contributed by atoms with Crippen LogP contribution < -0.4 is 15.4 Å². The van der Waals surface area contributed by atoms with E-state index >= 15 is 0 Å². The fourth-order valence-corrected chi connectivity index (χ4v) is 3.10. The number of carbonyl (C=O) groups excluding carboxylic acids is 2.